The minimum Gasteiger partial charge on any atom is -0.481 e. The summed E-state index contributed by atoms with van der Waals surface area (Å²) in [5.74, 6) is -3.85. The largest absolute Gasteiger partial charge is 0.481 e. The molecule has 0 saturated carbocycles. The molecule has 0 saturated heterocycles. The Hall–Kier alpha value is -1.14. The number of ether oxygens (including phenoxy) is 2. The second kappa shape index (κ2) is 10.6. The number of carbonyl (C=O) groups is 2. The monoisotopic (exact) mass is 290 g/mol. The fourth-order valence-corrected chi connectivity index (χ4v) is 1.65. The number of aliphatic carboxylic acids is 2. The summed E-state index contributed by atoms with van der Waals surface area (Å²) in [6.07, 6.45) is 3.42. The lowest BCUT2D eigenvalue weighted by Crippen LogP contribution is -2.45. The smallest absolute Gasteiger partial charge is 0.364 e. The number of carboxylic acid groups (broad SMARTS) is 2. The lowest BCUT2D eigenvalue weighted by Gasteiger charge is -2.29. The molecule has 0 aromatic carbocycles. The van der Waals surface area contributed by atoms with Crippen LogP contribution < -0.4 is 0 Å². The van der Waals surface area contributed by atoms with Crippen molar-refractivity contribution in [3.8, 4) is 0 Å². The highest BCUT2D eigenvalue weighted by molar-refractivity contribution is 5.75. The van der Waals surface area contributed by atoms with Gasteiger partial charge < -0.3 is 19.7 Å². The zero-order valence-electron chi connectivity index (χ0n) is 12.4. The normalized spacial score (nSPS) is 11.5. The quantitative estimate of drug-likeness (QED) is 0.400. The highest BCUT2D eigenvalue weighted by atomic mass is 16.7. The number of unbranched alkanes of at least 4 members (excludes halogenated alkanes) is 2. The second-order valence-electron chi connectivity index (χ2n) is 4.71. The van der Waals surface area contributed by atoms with Crippen molar-refractivity contribution in [3.05, 3.63) is 0 Å². The minimum atomic E-state index is -1.71. The predicted molar refractivity (Wildman–Crippen MR) is 73.6 cm³/mol. The van der Waals surface area contributed by atoms with Gasteiger partial charge in [-0.3, -0.25) is 4.79 Å². The summed E-state index contributed by atoms with van der Waals surface area (Å²) in [5.41, 5.74) is 0. The minimum absolute atomic E-state index is 0.0437. The van der Waals surface area contributed by atoms with E-state index in [1.165, 1.54) is 0 Å². The van der Waals surface area contributed by atoms with Crippen LogP contribution in [0.5, 0.6) is 0 Å². The van der Waals surface area contributed by atoms with E-state index in [1.807, 2.05) is 13.8 Å². The molecule has 0 rings (SSSR count). The second-order valence-corrected chi connectivity index (χ2v) is 4.71. The van der Waals surface area contributed by atoms with Crippen molar-refractivity contribution in [2.75, 3.05) is 13.2 Å². The fraction of sp³-hybridized carbons (Fsp3) is 0.857. The molecule has 2 N–H and O–H groups in total. The molecule has 20 heavy (non-hydrogen) atoms. The summed E-state index contributed by atoms with van der Waals surface area (Å²) in [6, 6.07) is 0. The molecular weight excluding hydrogens is 264 g/mol. The van der Waals surface area contributed by atoms with Crippen LogP contribution in [0.15, 0.2) is 0 Å². The summed E-state index contributed by atoms with van der Waals surface area (Å²) in [4.78, 5) is 22.0. The summed E-state index contributed by atoms with van der Waals surface area (Å²) in [5, 5.41) is 18.0. The summed E-state index contributed by atoms with van der Waals surface area (Å²) in [6.45, 7) is 4.55. The molecule has 0 aromatic rings. The van der Waals surface area contributed by atoms with Crippen LogP contribution in [0.2, 0.25) is 0 Å². The van der Waals surface area contributed by atoms with Crippen molar-refractivity contribution in [1.29, 1.82) is 0 Å². The van der Waals surface area contributed by atoms with Gasteiger partial charge in [0.25, 0.3) is 5.79 Å². The van der Waals surface area contributed by atoms with E-state index in [9.17, 15) is 14.7 Å². The van der Waals surface area contributed by atoms with Gasteiger partial charge in [0, 0.05) is 12.8 Å². The maximum Gasteiger partial charge on any atom is 0.364 e. The van der Waals surface area contributed by atoms with Gasteiger partial charge in [0.05, 0.1) is 13.2 Å². The predicted octanol–water partition coefficient (Wildman–Crippen LogP) is 2.66. The van der Waals surface area contributed by atoms with E-state index in [-0.39, 0.29) is 19.3 Å². The average molecular weight is 290 g/mol. The zero-order chi connectivity index (χ0) is 15.4. The van der Waals surface area contributed by atoms with Crippen LogP contribution >= 0.6 is 0 Å². The van der Waals surface area contributed by atoms with Crippen molar-refractivity contribution in [2.24, 2.45) is 0 Å². The van der Waals surface area contributed by atoms with Crippen molar-refractivity contribution in [3.63, 3.8) is 0 Å². The van der Waals surface area contributed by atoms with Crippen LogP contribution in [0.1, 0.15) is 58.8 Å². The highest BCUT2D eigenvalue weighted by Gasteiger charge is 2.40. The first-order valence-corrected chi connectivity index (χ1v) is 7.21. The molecule has 0 atom stereocenters. The van der Waals surface area contributed by atoms with Gasteiger partial charge in [0.2, 0.25) is 0 Å². The number of rotatable bonds is 13. The van der Waals surface area contributed by atoms with Crippen molar-refractivity contribution in [1.82, 2.24) is 0 Å². The fourth-order valence-electron chi connectivity index (χ4n) is 1.65. The molecule has 0 radical (unpaired) electrons. The first-order chi connectivity index (χ1) is 9.48. The van der Waals surface area contributed by atoms with Crippen LogP contribution in [0.3, 0.4) is 0 Å². The summed E-state index contributed by atoms with van der Waals surface area (Å²) < 4.78 is 10.9. The molecular formula is C14H26O6. The first-order valence-electron chi connectivity index (χ1n) is 7.21. The molecule has 0 heterocycles. The van der Waals surface area contributed by atoms with E-state index in [0.29, 0.717) is 13.2 Å². The third-order valence-electron chi connectivity index (χ3n) is 2.89. The van der Waals surface area contributed by atoms with E-state index in [0.717, 1.165) is 25.7 Å². The van der Waals surface area contributed by atoms with E-state index in [4.69, 9.17) is 14.6 Å². The van der Waals surface area contributed by atoms with Crippen LogP contribution in [-0.4, -0.2) is 41.2 Å². The van der Waals surface area contributed by atoms with E-state index in [2.05, 4.69) is 0 Å². The molecule has 118 valence electrons. The van der Waals surface area contributed by atoms with Gasteiger partial charge in [0.1, 0.15) is 0 Å². The Labute approximate surface area is 120 Å². The standard InChI is InChI=1S/C14H26O6/c1-3-5-10-19-14(13(17)18,20-11-6-4-2)9-7-8-12(15)16/h3-11H2,1-2H3,(H,15,16)(H,17,18). The molecule has 0 aliphatic heterocycles. The highest BCUT2D eigenvalue weighted by Crippen LogP contribution is 2.23. The van der Waals surface area contributed by atoms with Gasteiger partial charge in [-0.2, -0.15) is 0 Å². The van der Waals surface area contributed by atoms with E-state index >= 15 is 0 Å². The van der Waals surface area contributed by atoms with Gasteiger partial charge in [-0.05, 0) is 19.3 Å². The Bertz CT molecular complexity index is 279. The summed E-state index contributed by atoms with van der Waals surface area (Å²) in [7, 11) is 0. The van der Waals surface area contributed by atoms with Gasteiger partial charge in [-0.25, -0.2) is 4.79 Å². The van der Waals surface area contributed by atoms with Gasteiger partial charge in [-0.15, -0.1) is 0 Å². The lowest BCUT2D eigenvalue weighted by atomic mass is 10.1. The van der Waals surface area contributed by atoms with Crippen molar-refractivity contribution >= 4 is 11.9 Å². The Morgan fingerprint density at radius 3 is 1.80 bits per heavy atom. The molecule has 6 nitrogen and oxygen atoms in total. The molecule has 0 spiro atoms. The molecule has 0 aromatic heterocycles. The average Bonchev–Trinajstić information content (AvgIpc) is 2.38. The number of hydrogen-bond acceptors (Lipinski definition) is 4. The topological polar surface area (TPSA) is 93.1 Å². The van der Waals surface area contributed by atoms with Crippen LogP contribution in [0, 0.1) is 0 Å². The molecule has 0 unspecified atom stereocenters. The molecule has 0 bridgehead atoms. The van der Waals surface area contributed by atoms with Crippen molar-refractivity contribution in [2.45, 2.75) is 64.6 Å². The van der Waals surface area contributed by atoms with Crippen LogP contribution in [-0.2, 0) is 19.1 Å². The molecule has 0 aliphatic rings. The maximum absolute atomic E-state index is 11.5. The van der Waals surface area contributed by atoms with Gasteiger partial charge in [0.15, 0.2) is 0 Å². The molecule has 0 amide bonds. The van der Waals surface area contributed by atoms with Crippen molar-refractivity contribution < 1.29 is 29.3 Å². The van der Waals surface area contributed by atoms with Crippen LogP contribution in [0.4, 0.5) is 0 Å². The van der Waals surface area contributed by atoms with Crippen LogP contribution in [0.25, 0.3) is 0 Å². The molecule has 0 fully saturated rings. The van der Waals surface area contributed by atoms with Gasteiger partial charge in [-0.1, -0.05) is 26.7 Å². The summed E-state index contributed by atoms with van der Waals surface area (Å²) >= 11 is 0. The SMILES string of the molecule is CCCCOC(CCCC(=O)O)(OCCCC)C(=O)O. The van der Waals surface area contributed by atoms with E-state index < -0.39 is 17.7 Å². The maximum atomic E-state index is 11.5. The van der Waals surface area contributed by atoms with Gasteiger partial charge >= 0.3 is 11.9 Å². The Balaban J connectivity index is 4.63. The Kier molecular flexibility index (Phi) is 10.0. The zero-order valence-corrected chi connectivity index (χ0v) is 12.4. The first kappa shape index (κ1) is 18.9. The Morgan fingerprint density at radius 2 is 1.45 bits per heavy atom. The lowest BCUT2D eigenvalue weighted by molar-refractivity contribution is -0.248. The third-order valence-corrected chi connectivity index (χ3v) is 2.89. The number of carboxylic acids is 2. The Morgan fingerprint density at radius 1 is 0.950 bits per heavy atom. The number of hydrogen-bond donors (Lipinski definition) is 2. The molecule has 6 heteroatoms. The third kappa shape index (κ3) is 7.45. The van der Waals surface area contributed by atoms with E-state index in [1.54, 1.807) is 0 Å². The molecule has 0 aliphatic carbocycles.